The molecule has 0 radical (unpaired) electrons. The zero-order chi connectivity index (χ0) is 12.1. The normalized spacial score (nSPS) is 53.2. The first-order chi connectivity index (χ1) is 7.43. The van der Waals surface area contributed by atoms with Gasteiger partial charge in [0.15, 0.2) is 0 Å². The number of aliphatic hydroxyl groups is 3. The first kappa shape index (κ1) is 12.4. The second-order valence-corrected chi connectivity index (χ2v) is 5.71. The van der Waals surface area contributed by atoms with Crippen molar-refractivity contribution in [3.05, 3.63) is 0 Å². The monoisotopic (exact) mass is 251 g/mol. The van der Waals surface area contributed by atoms with Crippen LogP contribution in [0.25, 0.3) is 0 Å². The van der Waals surface area contributed by atoms with Gasteiger partial charge in [-0.15, -0.1) is 0 Å². The molecule has 16 heavy (non-hydrogen) atoms. The molecular formula is C9H15O6S-. The number of ether oxygens (including phenoxy) is 1. The maximum Gasteiger partial charge on any atom is 0.131 e. The topological polar surface area (TPSA) is 110 Å². The highest BCUT2D eigenvalue weighted by Crippen LogP contribution is 2.55. The fourth-order valence-corrected chi connectivity index (χ4v) is 3.92. The quantitative estimate of drug-likeness (QED) is 0.507. The molecule has 6 atom stereocenters. The van der Waals surface area contributed by atoms with Crippen molar-refractivity contribution in [2.24, 2.45) is 5.92 Å². The van der Waals surface area contributed by atoms with Crippen LogP contribution in [0.1, 0.15) is 13.3 Å². The fraction of sp³-hybridized carbons (Fsp3) is 1.00. The van der Waals surface area contributed by atoms with E-state index in [-0.39, 0.29) is 13.0 Å². The SMILES string of the molecule is CC1C(O)C2(CO)OC1(CO)CC2S(=O)[O-]. The van der Waals surface area contributed by atoms with Crippen LogP contribution >= 0.6 is 0 Å². The van der Waals surface area contributed by atoms with E-state index < -0.39 is 46.2 Å². The smallest absolute Gasteiger partial charge is 0.131 e. The van der Waals surface area contributed by atoms with Gasteiger partial charge in [-0.2, -0.15) is 0 Å². The summed E-state index contributed by atoms with van der Waals surface area (Å²) in [5, 5.41) is 27.7. The summed E-state index contributed by atoms with van der Waals surface area (Å²) in [7, 11) is 0. The average molecular weight is 251 g/mol. The number of fused-ring (bicyclic) bond motifs is 2. The predicted octanol–water partition coefficient (Wildman–Crippen LogP) is -1.87. The Bertz CT molecular complexity index is 323. The highest BCUT2D eigenvalue weighted by Gasteiger charge is 2.70. The van der Waals surface area contributed by atoms with Crippen LogP contribution in [0.15, 0.2) is 0 Å². The van der Waals surface area contributed by atoms with Crippen molar-refractivity contribution < 1.29 is 28.8 Å². The summed E-state index contributed by atoms with van der Waals surface area (Å²) in [5.74, 6) is -0.399. The van der Waals surface area contributed by atoms with Crippen molar-refractivity contribution in [3.63, 3.8) is 0 Å². The molecule has 0 saturated carbocycles. The Morgan fingerprint density at radius 1 is 1.50 bits per heavy atom. The van der Waals surface area contributed by atoms with Crippen molar-refractivity contribution in [1.29, 1.82) is 0 Å². The molecule has 6 nitrogen and oxygen atoms in total. The zero-order valence-electron chi connectivity index (χ0n) is 8.83. The predicted molar refractivity (Wildman–Crippen MR) is 53.2 cm³/mol. The molecule has 2 saturated heterocycles. The molecule has 0 aromatic rings. The number of hydrogen-bond donors (Lipinski definition) is 3. The first-order valence-electron chi connectivity index (χ1n) is 5.11. The summed E-state index contributed by atoms with van der Waals surface area (Å²) in [5.41, 5.74) is -2.53. The molecule has 2 bridgehead atoms. The highest BCUT2D eigenvalue weighted by atomic mass is 32.2. The van der Waals surface area contributed by atoms with Gasteiger partial charge in [0.25, 0.3) is 0 Å². The maximum atomic E-state index is 11.1. The number of aliphatic hydroxyl groups excluding tert-OH is 3. The van der Waals surface area contributed by atoms with Crippen molar-refractivity contribution >= 4 is 11.1 Å². The molecule has 0 aromatic heterocycles. The lowest BCUT2D eigenvalue weighted by molar-refractivity contribution is -0.113. The van der Waals surface area contributed by atoms with Crippen LogP contribution in [0, 0.1) is 5.92 Å². The Kier molecular flexibility index (Phi) is 2.89. The van der Waals surface area contributed by atoms with Gasteiger partial charge in [0, 0.05) is 5.92 Å². The van der Waals surface area contributed by atoms with Crippen LogP contribution in [-0.4, -0.2) is 59.9 Å². The first-order valence-corrected chi connectivity index (χ1v) is 6.25. The van der Waals surface area contributed by atoms with Crippen LogP contribution < -0.4 is 0 Å². The Morgan fingerprint density at radius 2 is 2.12 bits per heavy atom. The van der Waals surface area contributed by atoms with Crippen LogP contribution in [0.4, 0.5) is 0 Å². The van der Waals surface area contributed by atoms with Crippen LogP contribution in [0.5, 0.6) is 0 Å². The van der Waals surface area contributed by atoms with E-state index in [2.05, 4.69) is 0 Å². The second kappa shape index (κ2) is 3.72. The highest BCUT2D eigenvalue weighted by molar-refractivity contribution is 7.79. The molecule has 2 aliphatic heterocycles. The summed E-state index contributed by atoms with van der Waals surface area (Å²) in [6.45, 7) is 0.752. The molecule has 0 spiro atoms. The van der Waals surface area contributed by atoms with E-state index in [1.165, 1.54) is 0 Å². The molecule has 0 aromatic carbocycles. The van der Waals surface area contributed by atoms with Gasteiger partial charge in [-0.05, 0) is 17.5 Å². The third-order valence-electron chi connectivity index (χ3n) is 4.02. The van der Waals surface area contributed by atoms with Gasteiger partial charge < -0.3 is 24.6 Å². The molecule has 2 aliphatic rings. The van der Waals surface area contributed by atoms with Crippen molar-refractivity contribution in [3.8, 4) is 0 Å². The van der Waals surface area contributed by atoms with Crippen LogP contribution in [0.2, 0.25) is 0 Å². The Balaban J connectivity index is 2.43. The summed E-state index contributed by atoms with van der Waals surface area (Å²) >= 11 is -2.45. The van der Waals surface area contributed by atoms with Crippen LogP contribution in [0.3, 0.4) is 0 Å². The standard InChI is InChI=1S/C9H16O6S/c1-5-7(12)9(4-11)6(16(13)14)2-8(5,3-10)15-9/h5-7,10-12H,2-4H2,1H3,(H,13,14)/p-1. The van der Waals surface area contributed by atoms with Crippen molar-refractivity contribution in [2.45, 2.75) is 35.9 Å². The van der Waals surface area contributed by atoms with E-state index in [0.717, 1.165) is 0 Å². The van der Waals surface area contributed by atoms with E-state index >= 15 is 0 Å². The molecule has 2 rings (SSSR count). The lowest BCUT2D eigenvalue weighted by Gasteiger charge is -2.39. The summed E-state index contributed by atoms with van der Waals surface area (Å²) in [6.07, 6.45) is -0.973. The van der Waals surface area contributed by atoms with E-state index in [9.17, 15) is 24.1 Å². The minimum absolute atomic E-state index is 0.110. The zero-order valence-corrected chi connectivity index (χ0v) is 9.64. The van der Waals surface area contributed by atoms with Crippen molar-refractivity contribution in [2.75, 3.05) is 13.2 Å². The minimum Gasteiger partial charge on any atom is -0.772 e. The minimum atomic E-state index is -2.45. The fourth-order valence-electron chi connectivity index (χ4n) is 2.91. The van der Waals surface area contributed by atoms with Gasteiger partial charge in [0.2, 0.25) is 0 Å². The van der Waals surface area contributed by atoms with E-state index in [0.29, 0.717) is 0 Å². The molecule has 3 N–H and O–H groups in total. The van der Waals surface area contributed by atoms with Gasteiger partial charge >= 0.3 is 0 Å². The molecule has 2 fully saturated rings. The summed E-state index contributed by atoms with van der Waals surface area (Å²) < 4.78 is 27.7. The number of hydrogen-bond acceptors (Lipinski definition) is 6. The van der Waals surface area contributed by atoms with Gasteiger partial charge in [-0.1, -0.05) is 6.92 Å². The summed E-state index contributed by atoms with van der Waals surface area (Å²) in [6, 6.07) is 0. The number of rotatable bonds is 3. The Labute approximate surface area is 95.5 Å². The molecular weight excluding hydrogens is 236 g/mol. The lowest BCUT2D eigenvalue weighted by atomic mass is 9.73. The molecule has 0 aliphatic carbocycles. The third-order valence-corrected chi connectivity index (χ3v) is 5.05. The Hall–Kier alpha value is -0.0500. The van der Waals surface area contributed by atoms with Gasteiger partial charge in [0.05, 0.1) is 30.2 Å². The van der Waals surface area contributed by atoms with Gasteiger partial charge in [-0.25, -0.2) is 0 Å². The van der Waals surface area contributed by atoms with Crippen molar-refractivity contribution in [1.82, 2.24) is 0 Å². The molecule has 94 valence electrons. The van der Waals surface area contributed by atoms with E-state index in [1.54, 1.807) is 6.92 Å². The average Bonchev–Trinajstić information content (AvgIpc) is 2.73. The molecule has 6 unspecified atom stereocenters. The van der Waals surface area contributed by atoms with E-state index in [4.69, 9.17) is 4.74 Å². The Morgan fingerprint density at radius 3 is 2.56 bits per heavy atom. The molecule has 0 amide bonds. The van der Waals surface area contributed by atoms with Gasteiger partial charge in [0.1, 0.15) is 5.60 Å². The largest absolute Gasteiger partial charge is 0.772 e. The third kappa shape index (κ3) is 1.27. The van der Waals surface area contributed by atoms with Crippen LogP contribution in [-0.2, 0) is 15.8 Å². The summed E-state index contributed by atoms with van der Waals surface area (Å²) in [4.78, 5) is 0. The molecule has 7 heteroatoms. The van der Waals surface area contributed by atoms with Gasteiger partial charge in [-0.3, -0.25) is 4.21 Å². The molecule has 2 heterocycles. The second-order valence-electron chi connectivity index (χ2n) is 4.62. The lowest BCUT2D eigenvalue weighted by Crippen LogP contribution is -2.56. The van der Waals surface area contributed by atoms with E-state index in [1.807, 2.05) is 0 Å². The maximum absolute atomic E-state index is 11.1.